The van der Waals surface area contributed by atoms with E-state index in [2.05, 4.69) is 10.0 Å². The van der Waals surface area contributed by atoms with Crippen LogP contribution in [0.1, 0.15) is 24.5 Å². The van der Waals surface area contributed by atoms with Crippen LogP contribution in [0.4, 0.5) is 11.4 Å². The fourth-order valence-electron chi connectivity index (χ4n) is 2.95. The Morgan fingerprint density at radius 3 is 2.10 bits per heavy atom. The minimum Gasteiger partial charge on any atom is -0.494 e. The average Bonchev–Trinajstić information content (AvgIpc) is 2.76. The highest BCUT2D eigenvalue weighted by molar-refractivity contribution is 7.92. The van der Waals surface area contributed by atoms with Gasteiger partial charge in [-0.2, -0.15) is 0 Å². The second-order valence-electron chi connectivity index (χ2n) is 7.12. The summed E-state index contributed by atoms with van der Waals surface area (Å²) in [5, 5.41) is 2.85. The molecule has 0 aliphatic rings. The molecule has 6 nitrogen and oxygen atoms in total. The van der Waals surface area contributed by atoms with Crippen LogP contribution in [0.25, 0.3) is 0 Å². The fourth-order valence-corrected chi connectivity index (χ4v) is 4.01. The van der Waals surface area contributed by atoms with Crippen molar-refractivity contribution in [1.82, 2.24) is 0 Å². The van der Waals surface area contributed by atoms with Crippen molar-refractivity contribution in [2.45, 2.75) is 31.6 Å². The van der Waals surface area contributed by atoms with E-state index in [1.165, 1.54) is 0 Å². The molecule has 0 aromatic heterocycles. The first-order valence-electron chi connectivity index (χ1n) is 10.1. The van der Waals surface area contributed by atoms with Crippen LogP contribution in [0.3, 0.4) is 0 Å². The number of ether oxygens (including phenoxy) is 1. The number of rotatable bonds is 9. The molecule has 31 heavy (non-hydrogen) atoms. The zero-order valence-corrected chi connectivity index (χ0v) is 18.4. The summed E-state index contributed by atoms with van der Waals surface area (Å²) >= 11 is 0. The molecule has 0 aliphatic heterocycles. The second-order valence-corrected chi connectivity index (χ2v) is 8.80. The van der Waals surface area contributed by atoms with Gasteiger partial charge in [0.2, 0.25) is 5.91 Å². The molecule has 3 aromatic carbocycles. The SMILES string of the molecule is CCOc1ccc(NC(=O)CCc2ccc(S(=O)(=O)Nc3ccc(C)cc3)cc2)cc1. The Bertz CT molecular complexity index is 1110. The smallest absolute Gasteiger partial charge is 0.261 e. The molecule has 3 rings (SSSR count). The lowest BCUT2D eigenvalue weighted by atomic mass is 10.1. The van der Waals surface area contributed by atoms with Crippen LogP contribution in [0.15, 0.2) is 77.7 Å². The van der Waals surface area contributed by atoms with E-state index < -0.39 is 10.0 Å². The van der Waals surface area contributed by atoms with Gasteiger partial charge in [-0.05, 0) is 74.4 Å². The summed E-state index contributed by atoms with van der Waals surface area (Å²) < 4.78 is 33.0. The van der Waals surface area contributed by atoms with Crippen LogP contribution in [0.5, 0.6) is 5.75 Å². The monoisotopic (exact) mass is 438 g/mol. The molecule has 0 saturated carbocycles. The molecule has 7 heteroatoms. The van der Waals surface area contributed by atoms with E-state index in [0.29, 0.717) is 30.8 Å². The molecular weight excluding hydrogens is 412 g/mol. The lowest BCUT2D eigenvalue weighted by molar-refractivity contribution is -0.116. The average molecular weight is 439 g/mol. The lowest BCUT2D eigenvalue weighted by Crippen LogP contribution is -2.13. The molecule has 0 unspecified atom stereocenters. The number of aryl methyl sites for hydroxylation is 2. The number of anilines is 2. The highest BCUT2D eigenvalue weighted by atomic mass is 32.2. The maximum Gasteiger partial charge on any atom is 0.261 e. The summed E-state index contributed by atoms with van der Waals surface area (Å²) in [7, 11) is -3.66. The largest absolute Gasteiger partial charge is 0.494 e. The van der Waals surface area contributed by atoms with Gasteiger partial charge in [-0.25, -0.2) is 8.42 Å². The number of hydrogen-bond donors (Lipinski definition) is 2. The number of amides is 1. The number of hydrogen-bond acceptors (Lipinski definition) is 4. The van der Waals surface area contributed by atoms with Gasteiger partial charge >= 0.3 is 0 Å². The zero-order chi connectivity index (χ0) is 22.3. The quantitative estimate of drug-likeness (QED) is 0.504. The third-order valence-corrected chi connectivity index (χ3v) is 6.02. The Morgan fingerprint density at radius 2 is 1.48 bits per heavy atom. The molecule has 0 saturated heterocycles. The van der Waals surface area contributed by atoms with Gasteiger partial charge < -0.3 is 10.1 Å². The van der Waals surface area contributed by atoms with Gasteiger partial charge in [-0.15, -0.1) is 0 Å². The van der Waals surface area contributed by atoms with Gasteiger partial charge in [0.05, 0.1) is 11.5 Å². The van der Waals surface area contributed by atoms with Crippen LogP contribution in [-0.4, -0.2) is 20.9 Å². The number of nitrogens with one attached hydrogen (secondary N) is 2. The van der Waals surface area contributed by atoms with Crippen molar-refractivity contribution in [2.24, 2.45) is 0 Å². The molecule has 0 fully saturated rings. The molecule has 0 atom stereocenters. The molecule has 0 bridgehead atoms. The van der Waals surface area contributed by atoms with Crippen LogP contribution in [-0.2, 0) is 21.2 Å². The highest BCUT2D eigenvalue weighted by Gasteiger charge is 2.14. The van der Waals surface area contributed by atoms with Gasteiger partial charge in [0.1, 0.15) is 5.75 Å². The zero-order valence-electron chi connectivity index (χ0n) is 17.6. The van der Waals surface area contributed by atoms with Crippen molar-refractivity contribution in [3.05, 3.63) is 83.9 Å². The third-order valence-electron chi connectivity index (χ3n) is 4.63. The minimum atomic E-state index is -3.66. The van der Waals surface area contributed by atoms with E-state index in [0.717, 1.165) is 16.9 Å². The molecular formula is C24H26N2O4S. The molecule has 162 valence electrons. The van der Waals surface area contributed by atoms with E-state index in [9.17, 15) is 13.2 Å². The Balaban J connectivity index is 1.53. The summed E-state index contributed by atoms with van der Waals surface area (Å²) in [5.41, 5.74) is 3.16. The maximum atomic E-state index is 12.5. The summed E-state index contributed by atoms with van der Waals surface area (Å²) in [5.74, 6) is 0.648. The molecule has 0 aliphatic carbocycles. The first kappa shape index (κ1) is 22.4. The Morgan fingerprint density at radius 1 is 0.871 bits per heavy atom. The predicted octanol–water partition coefficient (Wildman–Crippen LogP) is 4.77. The van der Waals surface area contributed by atoms with Crippen molar-refractivity contribution < 1.29 is 17.9 Å². The van der Waals surface area contributed by atoms with Crippen LogP contribution in [0.2, 0.25) is 0 Å². The van der Waals surface area contributed by atoms with Crippen molar-refractivity contribution >= 4 is 27.3 Å². The second kappa shape index (κ2) is 10.1. The molecule has 0 radical (unpaired) electrons. The Kier molecular flexibility index (Phi) is 7.31. The Labute approximate surface area is 183 Å². The van der Waals surface area contributed by atoms with Crippen LogP contribution < -0.4 is 14.8 Å². The van der Waals surface area contributed by atoms with Gasteiger partial charge in [0.25, 0.3) is 10.0 Å². The third kappa shape index (κ3) is 6.58. The number of benzene rings is 3. The van der Waals surface area contributed by atoms with Crippen molar-refractivity contribution in [3.63, 3.8) is 0 Å². The van der Waals surface area contributed by atoms with Crippen molar-refractivity contribution in [1.29, 1.82) is 0 Å². The maximum absolute atomic E-state index is 12.5. The number of carbonyl (C=O) groups is 1. The van der Waals surface area contributed by atoms with Crippen molar-refractivity contribution in [2.75, 3.05) is 16.6 Å². The number of carbonyl (C=O) groups excluding carboxylic acids is 1. The predicted molar refractivity (Wildman–Crippen MR) is 123 cm³/mol. The van der Waals surface area contributed by atoms with E-state index in [1.807, 2.05) is 38.1 Å². The highest BCUT2D eigenvalue weighted by Crippen LogP contribution is 2.19. The molecule has 1 amide bonds. The summed E-state index contributed by atoms with van der Waals surface area (Å²) in [4.78, 5) is 12.4. The molecule has 0 heterocycles. The minimum absolute atomic E-state index is 0.109. The normalized spacial score (nSPS) is 11.0. The van der Waals surface area contributed by atoms with Crippen molar-refractivity contribution in [3.8, 4) is 5.75 Å². The van der Waals surface area contributed by atoms with E-state index >= 15 is 0 Å². The van der Waals surface area contributed by atoms with Gasteiger partial charge in [-0.3, -0.25) is 9.52 Å². The van der Waals surface area contributed by atoms with Gasteiger partial charge in [-0.1, -0.05) is 29.8 Å². The topological polar surface area (TPSA) is 84.5 Å². The molecule has 0 spiro atoms. The summed E-state index contributed by atoms with van der Waals surface area (Å²) in [6.45, 7) is 4.45. The van der Waals surface area contributed by atoms with Gasteiger partial charge in [0, 0.05) is 17.8 Å². The van der Waals surface area contributed by atoms with Crippen LogP contribution >= 0.6 is 0 Å². The fraction of sp³-hybridized carbons (Fsp3) is 0.208. The number of sulfonamides is 1. The first-order chi connectivity index (χ1) is 14.9. The van der Waals surface area contributed by atoms with E-state index in [4.69, 9.17) is 4.74 Å². The standard InChI is InChI=1S/C24H26N2O4S/c1-3-30-22-13-11-20(12-14-22)25-24(27)17-8-19-6-15-23(16-7-19)31(28,29)26-21-9-4-18(2)5-10-21/h4-7,9-16,26H,3,8,17H2,1-2H3,(H,25,27). The Hall–Kier alpha value is -3.32. The van der Waals surface area contributed by atoms with Gasteiger partial charge in [0.15, 0.2) is 0 Å². The summed E-state index contributed by atoms with van der Waals surface area (Å²) in [6, 6.07) is 20.9. The molecule has 3 aromatic rings. The summed E-state index contributed by atoms with van der Waals surface area (Å²) in [6.07, 6.45) is 0.801. The van der Waals surface area contributed by atoms with Crippen LogP contribution in [0, 0.1) is 6.92 Å². The first-order valence-corrected chi connectivity index (χ1v) is 11.5. The lowest BCUT2D eigenvalue weighted by Gasteiger charge is -2.10. The van der Waals surface area contributed by atoms with E-state index in [1.54, 1.807) is 48.5 Å². The van der Waals surface area contributed by atoms with E-state index in [-0.39, 0.29) is 10.8 Å². The molecule has 2 N–H and O–H groups in total.